The molecule has 2 fully saturated rings. The normalized spacial score (nSPS) is 31.7. The monoisotopic (exact) mass is 386 g/mol. The molecular formula is C21H26N2O5. The molecule has 2 atom stereocenters. The van der Waals surface area contributed by atoms with Crippen molar-refractivity contribution < 1.29 is 23.9 Å². The molecule has 1 saturated carbocycles. The second-order valence-corrected chi connectivity index (χ2v) is 8.75. The van der Waals surface area contributed by atoms with Gasteiger partial charge in [0, 0.05) is 21.9 Å². The van der Waals surface area contributed by atoms with E-state index in [1.807, 2.05) is 13.8 Å². The van der Waals surface area contributed by atoms with Crippen LogP contribution in [0.25, 0.3) is 0 Å². The molecule has 7 heteroatoms. The summed E-state index contributed by atoms with van der Waals surface area (Å²) in [7, 11) is 0. The van der Waals surface area contributed by atoms with Gasteiger partial charge in [0.05, 0.1) is 12.2 Å². The molecule has 1 aromatic rings. The molecule has 3 amide bonds. The molecule has 0 radical (unpaired) electrons. The highest BCUT2D eigenvalue weighted by Crippen LogP contribution is 2.56. The van der Waals surface area contributed by atoms with Gasteiger partial charge < -0.3 is 10.1 Å². The van der Waals surface area contributed by atoms with Crippen molar-refractivity contribution in [1.82, 2.24) is 5.32 Å². The average molecular weight is 386 g/mol. The summed E-state index contributed by atoms with van der Waals surface area (Å²) in [6, 6.07) is 6.45. The average Bonchev–Trinajstić information content (AvgIpc) is 2.60. The molecule has 0 aromatic heterocycles. The summed E-state index contributed by atoms with van der Waals surface area (Å²) in [6.07, 6.45) is 1.17. The predicted octanol–water partition coefficient (Wildman–Crippen LogP) is 2.66. The summed E-state index contributed by atoms with van der Waals surface area (Å²) < 4.78 is 4.95. The van der Waals surface area contributed by atoms with Crippen LogP contribution in [0, 0.1) is 16.2 Å². The number of carbonyl (C=O) groups is 4. The minimum Gasteiger partial charge on any atom is -0.462 e. The quantitative estimate of drug-likeness (QED) is 0.612. The Labute approximate surface area is 164 Å². The van der Waals surface area contributed by atoms with Crippen LogP contribution in [0.3, 0.4) is 0 Å². The first-order chi connectivity index (χ1) is 13.0. The first-order valence-electron chi connectivity index (χ1n) is 9.46. The standard InChI is InChI=1S/C21H26N2O5/c1-5-28-15(24)13-6-8-14(9-7-13)22-16(25)19(2)10-20(3)12-21(4,11-19)18(27)23-17(20)26/h6-9H,5,10-12H2,1-4H3,(H,22,25)(H,23,26,27). The summed E-state index contributed by atoms with van der Waals surface area (Å²) in [6.45, 7) is 7.45. The van der Waals surface area contributed by atoms with Gasteiger partial charge in [0.2, 0.25) is 17.7 Å². The molecule has 1 aromatic carbocycles. The Kier molecular flexibility index (Phi) is 4.81. The third-order valence-corrected chi connectivity index (χ3v) is 5.87. The molecule has 2 unspecified atom stereocenters. The summed E-state index contributed by atoms with van der Waals surface area (Å²) in [5.74, 6) is -1.28. The number of piperidine rings is 1. The lowest BCUT2D eigenvalue weighted by Gasteiger charge is -2.53. The minimum absolute atomic E-state index is 0.240. The third-order valence-electron chi connectivity index (χ3n) is 5.87. The number of anilines is 1. The number of carbonyl (C=O) groups excluding carboxylic acids is 4. The van der Waals surface area contributed by atoms with Crippen molar-refractivity contribution in [3.63, 3.8) is 0 Å². The molecule has 0 spiro atoms. The number of fused-ring (bicyclic) bond motifs is 2. The Morgan fingerprint density at radius 2 is 1.54 bits per heavy atom. The van der Waals surface area contributed by atoms with E-state index in [2.05, 4.69) is 10.6 Å². The van der Waals surface area contributed by atoms with E-state index in [0.29, 0.717) is 37.1 Å². The van der Waals surface area contributed by atoms with Crippen molar-refractivity contribution in [2.24, 2.45) is 16.2 Å². The first-order valence-corrected chi connectivity index (χ1v) is 9.46. The van der Waals surface area contributed by atoms with Gasteiger partial charge in [0.1, 0.15) is 0 Å². The second-order valence-electron chi connectivity index (χ2n) is 8.75. The van der Waals surface area contributed by atoms with E-state index < -0.39 is 22.2 Å². The lowest BCUT2D eigenvalue weighted by atomic mass is 9.52. The molecule has 28 heavy (non-hydrogen) atoms. The van der Waals surface area contributed by atoms with Crippen molar-refractivity contribution in [3.8, 4) is 0 Å². The van der Waals surface area contributed by atoms with Gasteiger partial charge in [0.25, 0.3) is 0 Å². The molecule has 2 bridgehead atoms. The number of hydrogen-bond donors (Lipinski definition) is 2. The van der Waals surface area contributed by atoms with E-state index in [0.717, 1.165) is 0 Å². The summed E-state index contributed by atoms with van der Waals surface area (Å²) >= 11 is 0. The molecule has 2 N–H and O–H groups in total. The van der Waals surface area contributed by atoms with Crippen LogP contribution in [0.2, 0.25) is 0 Å². The molecule has 150 valence electrons. The van der Waals surface area contributed by atoms with E-state index in [-0.39, 0.29) is 17.7 Å². The van der Waals surface area contributed by atoms with Crippen molar-refractivity contribution in [2.45, 2.75) is 47.0 Å². The minimum atomic E-state index is -0.866. The van der Waals surface area contributed by atoms with Gasteiger partial charge in [-0.3, -0.25) is 19.7 Å². The molecule has 1 aliphatic carbocycles. The second kappa shape index (κ2) is 6.72. The Morgan fingerprint density at radius 3 is 2.04 bits per heavy atom. The van der Waals surface area contributed by atoms with E-state index >= 15 is 0 Å². The van der Waals surface area contributed by atoms with Crippen molar-refractivity contribution >= 4 is 29.4 Å². The molecule has 7 nitrogen and oxygen atoms in total. The number of ether oxygens (including phenoxy) is 1. The molecular weight excluding hydrogens is 360 g/mol. The zero-order valence-corrected chi connectivity index (χ0v) is 16.7. The van der Waals surface area contributed by atoms with Gasteiger partial charge in [-0.2, -0.15) is 0 Å². The predicted molar refractivity (Wildman–Crippen MR) is 102 cm³/mol. The summed E-state index contributed by atoms with van der Waals surface area (Å²) in [4.78, 5) is 49.6. The Balaban J connectivity index is 1.79. The van der Waals surface area contributed by atoms with E-state index in [1.54, 1.807) is 38.1 Å². The van der Waals surface area contributed by atoms with E-state index in [4.69, 9.17) is 4.74 Å². The fraction of sp³-hybridized carbons (Fsp3) is 0.524. The van der Waals surface area contributed by atoms with Crippen molar-refractivity contribution in [2.75, 3.05) is 11.9 Å². The van der Waals surface area contributed by atoms with Gasteiger partial charge in [-0.25, -0.2) is 4.79 Å². The number of amides is 3. The summed E-state index contributed by atoms with van der Waals surface area (Å²) in [5, 5.41) is 5.33. The lowest BCUT2D eigenvalue weighted by Crippen LogP contribution is -2.63. The highest BCUT2D eigenvalue weighted by atomic mass is 16.5. The van der Waals surface area contributed by atoms with E-state index in [9.17, 15) is 19.2 Å². The Morgan fingerprint density at radius 1 is 1.00 bits per heavy atom. The first kappa shape index (κ1) is 20.0. The lowest BCUT2D eigenvalue weighted by molar-refractivity contribution is -0.163. The maximum absolute atomic E-state index is 13.1. The fourth-order valence-electron chi connectivity index (χ4n) is 4.84. The van der Waals surface area contributed by atoms with Crippen molar-refractivity contribution in [3.05, 3.63) is 29.8 Å². The topological polar surface area (TPSA) is 102 Å². The van der Waals surface area contributed by atoms with Gasteiger partial charge in [-0.05, 0) is 50.5 Å². The van der Waals surface area contributed by atoms with Crippen LogP contribution in [0.5, 0.6) is 0 Å². The fourth-order valence-corrected chi connectivity index (χ4v) is 4.84. The third kappa shape index (κ3) is 3.41. The highest BCUT2D eigenvalue weighted by molar-refractivity contribution is 6.05. The van der Waals surface area contributed by atoms with Gasteiger partial charge >= 0.3 is 5.97 Å². The smallest absolute Gasteiger partial charge is 0.338 e. The molecule has 2 aliphatic rings. The van der Waals surface area contributed by atoms with E-state index in [1.165, 1.54) is 0 Å². The molecule has 3 rings (SSSR count). The number of nitrogens with one attached hydrogen (secondary N) is 2. The maximum Gasteiger partial charge on any atom is 0.338 e. The van der Waals surface area contributed by atoms with Gasteiger partial charge in [-0.15, -0.1) is 0 Å². The van der Waals surface area contributed by atoms with Crippen LogP contribution in [0.4, 0.5) is 5.69 Å². The molecule has 1 saturated heterocycles. The van der Waals surface area contributed by atoms with Crippen LogP contribution in [0.1, 0.15) is 57.3 Å². The Bertz CT molecular complexity index is 819. The molecule has 1 heterocycles. The zero-order chi connectivity index (χ0) is 20.7. The van der Waals surface area contributed by atoms with Crippen LogP contribution in [-0.4, -0.2) is 30.3 Å². The SMILES string of the molecule is CCOC(=O)c1ccc(NC(=O)C2(C)CC3(C)CC(C)(C2)C(=O)NC3=O)cc1. The van der Waals surface area contributed by atoms with Crippen LogP contribution in [0.15, 0.2) is 24.3 Å². The largest absolute Gasteiger partial charge is 0.462 e. The van der Waals surface area contributed by atoms with Gasteiger partial charge in [-0.1, -0.05) is 20.8 Å². The zero-order valence-electron chi connectivity index (χ0n) is 16.7. The van der Waals surface area contributed by atoms with Crippen molar-refractivity contribution in [1.29, 1.82) is 0 Å². The number of imide groups is 1. The number of esters is 1. The molecule has 1 aliphatic heterocycles. The van der Waals surface area contributed by atoms with Gasteiger partial charge in [0.15, 0.2) is 0 Å². The van der Waals surface area contributed by atoms with Crippen LogP contribution in [-0.2, 0) is 19.1 Å². The number of rotatable bonds is 4. The number of hydrogen-bond acceptors (Lipinski definition) is 5. The number of benzene rings is 1. The summed E-state index contributed by atoms with van der Waals surface area (Å²) in [5.41, 5.74) is -1.45. The maximum atomic E-state index is 13.1. The highest BCUT2D eigenvalue weighted by Gasteiger charge is 2.60. The Hall–Kier alpha value is -2.70. The van der Waals surface area contributed by atoms with Crippen LogP contribution >= 0.6 is 0 Å². The van der Waals surface area contributed by atoms with Crippen LogP contribution < -0.4 is 10.6 Å².